The molecule has 0 saturated heterocycles. The molecule has 1 atom stereocenters. The molecule has 0 aliphatic carbocycles. The summed E-state index contributed by atoms with van der Waals surface area (Å²) >= 11 is 1.41. The average molecular weight is 365 g/mol. The van der Waals surface area contributed by atoms with Gasteiger partial charge in [0.15, 0.2) is 0 Å². The van der Waals surface area contributed by atoms with Gasteiger partial charge in [0.05, 0.1) is 11.3 Å². The Labute approximate surface area is 157 Å². The van der Waals surface area contributed by atoms with Crippen LogP contribution in [-0.2, 0) is 4.79 Å². The zero-order valence-electron chi connectivity index (χ0n) is 14.4. The predicted molar refractivity (Wildman–Crippen MR) is 105 cm³/mol. The molecule has 132 valence electrons. The summed E-state index contributed by atoms with van der Waals surface area (Å²) in [6.07, 6.45) is 0. The van der Waals surface area contributed by atoms with Crippen molar-refractivity contribution < 1.29 is 9.18 Å². The van der Waals surface area contributed by atoms with E-state index in [0.29, 0.717) is 0 Å². The van der Waals surface area contributed by atoms with Crippen LogP contribution < -0.4 is 5.32 Å². The van der Waals surface area contributed by atoms with Gasteiger partial charge in [0, 0.05) is 4.90 Å². The van der Waals surface area contributed by atoms with Crippen LogP contribution in [-0.4, -0.2) is 11.2 Å². The molecule has 0 aliphatic rings. The van der Waals surface area contributed by atoms with Gasteiger partial charge in [0.1, 0.15) is 5.82 Å². The Morgan fingerprint density at radius 2 is 1.35 bits per heavy atom. The third kappa shape index (κ3) is 4.73. The molecule has 3 aromatic carbocycles. The Balaban J connectivity index is 1.75. The smallest absolute Gasteiger partial charge is 0.233 e. The van der Waals surface area contributed by atoms with Crippen LogP contribution >= 0.6 is 11.8 Å². The molecule has 4 heteroatoms. The number of hydrogen-bond acceptors (Lipinski definition) is 2. The van der Waals surface area contributed by atoms with E-state index in [1.54, 1.807) is 12.1 Å². The Bertz CT molecular complexity index is 798. The van der Waals surface area contributed by atoms with E-state index < -0.39 is 0 Å². The monoisotopic (exact) mass is 365 g/mol. The van der Waals surface area contributed by atoms with Crippen molar-refractivity contribution in [3.05, 3.63) is 102 Å². The topological polar surface area (TPSA) is 29.1 Å². The highest BCUT2D eigenvalue weighted by Crippen LogP contribution is 2.26. The van der Waals surface area contributed by atoms with Crippen molar-refractivity contribution in [2.75, 3.05) is 0 Å². The van der Waals surface area contributed by atoms with Gasteiger partial charge in [-0.25, -0.2) is 4.39 Å². The minimum atomic E-state index is -0.296. The molecular weight excluding hydrogens is 345 g/mol. The lowest BCUT2D eigenvalue weighted by Gasteiger charge is -2.22. The van der Waals surface area contributed by atoms with Crippen molar-refractivity contribution >= 4 is 17.7 Å². The first-order chi connectivity index (χ1) is 12.6. The van der Waals surface area contributed by atoms with Crippen molar-refractivity contribution in [3.63, 3.8) is 0 Å². The van der Waals surface area contributed by atoms with Gasteiger partial charge in [-0.3, -0.25) is 4.79 Å². The summed E-state index contributed by atoms with van der Waals surface area (Å²) in [7, 11) is 0. The lowest BCUT2D eigenvalue weighted by atomic mass is 9.98. The van der Waals surface area contributed by atoms with Gasteiger partial charge in [-0.15, -0.1) is 11.8 Å². The van der Waals surface area contributed by atoms with Gasteiger partial charge in [0.25, 0.3) is 0 Å². The van der Waals surface area contributed by atoms with Gasteiger partial charge >= 0.3 is 0 Å². The molecule has 1 amide bonds. The Morgan fingerprint density at radius 1 is 0.846 bits per heavy atom. The van der Waals surface area contributed by atoms with Gasteiger partial charge in [-0.2, -0.15) is 0 Å². The maximum atomic E-state index is 13.0. The Hall–Kier alpha value is -2.59. The van der Waals surface area contributed by atoms with E-state index in [1.165, 1.54) is 23.9 Å². The quantitative estimate of drug-likeness (QED) is 0.608. The van der Waals surface area contributed by atoms with Gasteiger partial charge in [-0.1, -0.05) is 60.7 Å². The second-order valence-corrected chi connectivity index (χ2v) is 7.39. The van der Waals surface area contributed by atoms with E-state index in [4.69, 9.17) is 0 Å². The lowest BCUT2D eigenvalue weighted by molar-refractivity contribution is -0.120. The number of nitrogens with one attached hydrogen (secondary N) is 1. The maximum Gasteiger partial charge on any atom is 0.233 e. The molecular formula is C22H20FNOS. The van der Waals surface area contributed by atoms with Crippen LogP contribution in [0.25, 0.3) is 0 Å². The fraction of sp³-hybridized carbons (Fsp3) is 0.136. The highest BCUT2D eigenvalue weighted by Gasteiger charge is 2.21. The first-order valence-corrected chi connectivity index (χ1v) is 9.34. The molecule has 0 spiro atoms. The van der Waals surface area contributed by atoms with Crippen molar-refractivity contribution in [1.29, 1.82) is 0 Å². The number of rotatable bonds is 6. The number of carbonyl (C=O) groups excluding carboxylic acids is 1. The third-order valence-corrected chi connectivity index (χ3v) is 5.16. The molecule has 0 bridgehead atoms. The number of thioether (sulfide) groups is 1. The number of benzene rings is 3. The van der Waals surface area contributed by atoms with Crippen LogP contribution in [0.2, 0.25) is 0 Å². The van der Waals surface area contributed by atoms with E-state index in [2.05, 4.69) is 5.32 Å². The molecule has 0 aliphatic heterocycles. The molecule has 26 heavy (non-hydrogen) atoms. The normalized spacial score (nSPS) is 12.0. The molecule has 0 unspecified atom stereocenters. The fourth-order valence-electron chi connectivity index (χ4n) is 2.68. The summed E-state index contributed by atoms with van der Waals surface area (Å²) in [4.78, 5) is 13.6. The minimum Gasteiger partial charge on any atom is -0.344 e. The number of hydrogen-bond donors (Lipinski definition) is 1. The minimum absolute atomic E-state index is 0.0583. The van der Waals surface area contributed by atoms with E-state index in [0.717, 1.165) is 16.0 Å². The van der Waals surface area contributed by atoms with E-state index in [-0.39, 0.29) is 23.0 Å². The molecule has 0 aromatic heterocycles. The molecule has 0 saturated carbocycles. The molecule has 1 N–H and O–H groups in total. The van der Waals surface area contributed by atoms with E-state index in [9.17, 15) is 9.18 Å². The van der Waals surface area contributed by atoms with Gasteiger partial charge in [-0.05, 0) is 42.3 Å². The maximum absolute atomic E-state index is 13.0. The highest BCUT2D eigenvalue weighted by molar-refractivity contribution is 8.00. The second-order valence-electron chi connectivity index (χ2n) is 5.98. The predicted octanol–water partition coefficient (Wildman–Crippen LogP) is 5.21. The fourth-order valence-corrected chi connectivity index (χ4v) is 3.56. The Kier molecular flexibility index (Phi) is 6.08. The second kappa shape index (κ2) is 8.68. The molecule has 0 fully saturated rings. The summed E-state index contributed by atoms with van der Waals surface area (Å²) in [6.45, 7) is 1.86. The standard InChI is InChI=1S/C22H20FNOS/c1-16(26-20-14-12-19(23)13-15-20)22(25)24-21(17-8-4-2-5-9-17)18-10-6-3-7-11-18/h2-16,21H,1H3,(H,24,25)/t16-/m1/s1. The third-order valence-electron chi connectivity index (χ3n) is 4.05. The molecule has 3 rings (SSSR count). The lowest BCUT2D eigenvalue weighted by Crippen LogP contribution is -2.34. The van der Waals surface area contributed by atoms with Gasteiger partial charge in [0.2, 0.25) is 5.91 Å². The van der Waals surface area contributed by atoms with E-state index in [1.807, 2.05) is 67.6 Å². The number of carbonyl (C=O) groups is 1. The molecule has 0 heterocycles. The first kappa shape index (κ1) is 18.2. The molecule has 3 aromatic rings. The van der Waals surface area contributed by atoms with Crippen molar-refractivity contribution in [2.45, 2.75) is 23.1 Å². The molecule has 2 nitrogen and oxygen atoms in total. The number of halogens is 1. The van der Waals surface area contributed by atoms with Crippen LogP contribution in [0.3, 0.4) is 0 Å². The zero-order chi connectivity index (χ0) is 18.4. The first-order valence-electron chi connectivity index (χ1n) is 8.46. The summed E-state index contributed by atoms with van der Waals surface area (Å²) < 4.78 is 13.0. The highest BCUT2D eigenvalue weighted by atomic mass is 32.2. The van der Waals surface area contributed by atoms with Crippen LogP contribution in [0, 0.1) is 5.82 Å². The van der Waals surface area contributed by atoms with Crippen LogP contribution in [0.5, 0.6) is 0 Å². The van der Waals surface area contributed by atoms with E-state index >= 15 is 0 Å². The summed E-state index contributed by atoms with van der Waals surface area (Å²) in [6, 6.07) is 25.8. The largest absolute Gasteiger partial charge is 0.344 e. The van der Waals surface area contributed by atoms with Crippen molar-refractivity contribution in [2.24, 2.45) is 0 Å². The zero-order valence-corrected chi connectivity index (χ0v) is 15.2. The Morgan fingerprint density at radius 3 is 1.85 bits per heavy atom. The number of amides is 1. The summed E-state index contributed by atoms with van der Waals surface area (Å²) in [5, 5.41) is 2.85. The molecule has 0 radical (unpaired) electrons. The van der Waals surface area contributed by atoms with Crippen LogP contribution in [0.15, 0.2) is 89.8 Å². The summed E-state index contributed by atoms with van der Waals surface area (Å²) in [5.41, 5.74) is 2.07. The average Bonchev–Trinajstić information content (AvgIpc) is 2.69. The van der Waals surface area contributed by atoms with Gasteiger partial charge < -0.3 is 5.32 Å². The summed E-state index contributed by atoms with van der Waals surface area (Å²) in [5.74, 6) is -0.336. The van der Waals surface area contributed by atoms with Crippen LogP contribution in [0.1, 0.15) is 24.1 Å². The van der Waals surface area contributed by atoms with Crippen molar-refractivity contribution in [1.82, 2.24) is 5.32 Å². The van der Waals surface area contributed by atoms with Crippen LogP contribution in [0.4, 0.5) is 4.39 Å². The SMILES string of the molecule is C[C@@H](Sc1ccc(F)cc1)C(=O)NC(c1ccccc1)c1ccccc1. The van der Waals surface area contributed by atoms with Crippen molar-refractivity contribution in [3.8, 4) is 0 Å².